The second-order valence-electron chi connectivity index (χ2n) is 6.60. The van der Waals surface area contributed by atoms with Gasteiger partial charge in [-0.15, -0.1) is 0 Å². The fourth-order valence-electron chi connectivity index (χ4n) is 2.67. The van der Waals surface area contributed by atoms with Crippen LogP contribution in [-0.4, -0.2) is 49.3 Å². The van der Waals surface area contributed by atoms with E-state index in [1.165, 1.54) is 17.6 Å². The van der Waals surface area contributed by atoms with E-state index in [-0.39, 0.29) is 5.56 Å². The van der Waals surface area contributed by atoms with Gasteiger partial charge in [0.1, 0.15) is 11.8 Å². The van der Waals surface area contributed by atoms with Crippen LogP contribution < -0.4 is 15.5 Å². The van der Waals surface area contributed by atoms with Crippen molar-refractivity contribution in [2.24, 2.45) is 0 Å². The Kier molecular flexibility index (Phi) is 8.07. The van der Waals surface area contributed by atoms with Crippen LogP contribution in [0.25, 0.3) is 0 Å². The molecule has 164 valence electrons. The number of hydrogen-bond donors (Lipinski definition) is 3. The van der Waals surface area contributed by atoms with Gasteiger partial charge in [0.05, 0.1) is 12.7 Å². The molecule has 9 heteroatoms. The van der Waals surface area contributed by atoms with Crippen molar-refractivity contribution in [3.63, 3.8) is 0 Å². The van der Waals surface area contributed by atoms with Gasteiger partial charge < -0.3 is 14.8 Å². The number of nitrogens with one attached hydrogen (secondary N) is 2. The summed E-state index contributed by atoms with van der Waals surface area (Å²) in [5.74, 6) is 4.49. The van der Waals surface area contributed by atoms with Crippen LogP contribution in [0, 0.1) is 11.8 Å². The maximum absolute atomic E-state index is 13.5. The van der Waals surface area contributed by atoms with Crippen LogP contribution in [-0.2, 0) is 9.53 Å². The van der Waals surface area contributed by atoms with Gasteiger partial charge in [0, 0.05) is 18.2 Å². The lowest BCUT2D eigenvalue weighted by Gasteiger charge is -2.34. The van der Waals surface area contributed by atoms with Crippen LogP contribution >= 0.6 is 0 Å². The number of halogens is 2. The summed E-state index contributed by atoms with van der Waals surface area (Å²) >= 11 is 0. The normalized spacial score (nSPS) is 13.4. The fraction of sp³-hybridized carbons (Fsp3) is 0.273. The molecule has 7 nitrogen and oxygen atoms in total. The summed E-state index contributed by atoms with van der Waals surface area (Å²) in [5, 5.41) is 11.1. The molecule has 0 bridgehead atoms. The molecule has 1 unspecified atom stereocenters. The van der Waals surface area contributed by atoms with Gasteiger partial charge in [0.2, 0.25) is 0 Å². The number of rotatable bonds is 7. The number of para-hydroxylation sites is 1. The molecule has 2 atom stereocenters. The van der Waals surface area contributed by atoms with Gasteiger partial charge in [-0.3, -0.25) is 14.8 Å². The summed E-state index contributed by atoms with van der Waals surface area (Å²) in [7, 11) is 2.52. The zero-order valence-electron chi connectivity index (χ0n) is 17.1. The molecule has 2 rings (SSSR count). The van der Waals surface area contributed by atoms with E-state index in [4.69, 9.17) is 14.7 Å². The average molecular weight is 432 g/mol. The van der Waals surface area contributed by atoms with Crippen LogP contribution in [0.1, 0.15) is 28.4 Å². The number of alkyl halides is 2. The fourth-order valence-corrected chi connectivity index (χ4v) is 2.67. The van der Waals surface area contributed by atoms with E-state index in [1.54, 1.807) is 31.4 Å². The van der Waals surface area contributed by atoms with Gasteiger partial charge in [0.15, 0.2) is 5.60 Å². The molecule has 0 saturated carbocycles. The lowest BCUT2D eigenvalue weighted by molar-refractivity contribution is -0.157. The molecule has 0 spiro atoms. The Bertz CT molecular complexity index is 985. The number of hydroxylamine groups is 1. The van der Waals surface area contributed by atoms with Crippen LogP contribution in [0.3, 0.4) is 0 Å². The molecule has 0 aliphatic heterocycles. The Morgan fingerprint density at radius 3 is 2.26 bits per heavy atom. The zero-order chi connectivity index (χ0) is 23.0. The maximum Gasteiger partial charge on any atom is 0.269 e. The molecule has 0 fully saturated rings. The van der Waals surface area contributed by atoms with Crippen molar-refractivity contribution < 1.29 is 33.1 Å². The molecule has 0 heterocycles. The van der Waals surface area contributed by atoms with Gasteiger partial charge in [0.25, 0.3) is 18.2 Å². The highest BCUT2D eigenvalue weighted by Gasteiger charge is 2.48. The van der Waals surface area contributed by atoms with Gasteiger partial charge in [-0.2, -0.15) is 0 Å². The maximum atomic E-state index is 13.5. The predicted molar refractivity (Wildman–Crippen MR) is 108 cm³/mol. The minimum Gasteiger partial charge on any atom is -0.495 e. The molecule has 2 aromatic carbocycles. The molecule has 31 heavy (non-hydrogen) atoms. The zero-order valence-corrected chi connectivity index (χ0v) is 17.1. The van der Waals surface area contributed by atoms with Gasteiger partial charge in [-0.05, 0) is 43.3 Å². The van der Waals surface area contributed by atoms with Crippen molar-refractivity contribution in [3.05, 3.63) is 65.2 Å². The number of amides is 2. The summed E-state index contributed by atoms with van der Waals surface area (Å²) in [6.07, 6.45) is -3.12. The van der Waals surface area contributed by atoms with E-state index in [9.17, 15) is 18.4 Å². The molecular formula is C22H22F2N2O5. The number of benzene rings is 2. The highest BCUT2D eigenvalue weighted by atomic mass is 19.3. The third-order valence-corrected chi connectivity index (χ3v) is 4.69. The minimum atomic E-state index is -3.12. The standard InChI is InChI=1S/C22H22F2N2O5/c1-22(31-3,21(23)24)18(20(28)26-29)25-19(27)16-12-9-14(10-13-16)8-11-15-6-4-5-7-17(15)30-2/h4-7,9-10,12-13,18,21,29H,1-3H3,(H,25,27)(H,26,28)/t18-,22?/m1/s1. The molecule has 0 aromatic heterocycles. The lowest BCUT2D eigenvalue weighted by atomic mass is 9.95. The first-order valence-corrected chi connectivity index (χ1v) is 9.10. The first-order chi connectivity index (χ1) is 14.8. The van der Waals surface area contributed by atoms with Crippen molar-refractivity contribution in [3.8, 4) is 17.6 Å². The molecule has 3 N–H and O–H groups in total. The van der Waals surface area contributed by atoms with Gasteiger partial charge in [-0.25, -0.2) is 14.3 Å². The second kappa shape index (κ2) is 10.5. The van der Waals surface area contributed by atoms with Gasteiger partial charge in [-0.1, -0.05) is 24.0 Å². The van der Waals surface area contributed by atoms with Gasteiger partial charge >= 0.3 is 0 Å². The van der Waals surface area contributed by atoms with E-state index in [1.807, 2.05) is 12.1 Å². The Morgan fingerprint density at radius 2 is 1.71 bits per heavy atom. The monoisotopic (exact) mass is 432 g/mol. The molecule has 0 aliphatic carbocycles. The molecule has 0 aliphatic rings. The van der Waals surface area contributed by atoms with Crippen molar-refractivity contribution >= 4 is 11.8 Å². The van der Waals surface area contributed by atoms with Crippen LogP contribution in [0.5, 0.6) is 5.75 Å². The van der Waals surface area contributed by atoms with Crippen LogP contribution in [0.15, 0.2) is 48.5 Å². The molecule has 0 radical (unpaired) electrons. The summed E-state index contributed by atoms with van der Waals surface area (Å²) in [4.78, 5) is 24.4. The summed E-state index contributed by atoms with van der Waals surface area (Å²) < 4.78 is 36.9. The summed E-state index contributed by atoms with van der Waals surface area (Å²) in [6.45, 7) is 0.953. The van der Waals surface area contributed by atoms with E-state index in [0.717, 1.165) is 14.0 Å². The Labute approximate surface area is 178 Å². The average Bonchev–Trinajstić information content (AvgIpc) is 2.80. The highest BCUT2D eigenvalue weighted by Crippen LogP contribution is 2.24. The van der Waals surface area contributed by atoms with E-state index in [0.29, 0.717) is 16.9 Å². The molecule has 2 aromatic rings. The number of ether oxygens (including phenoxy) is 2. The minimum absolute atomic E-state index is 0.103. The number of carbonyl (C=O) groups excluding carboxylic acids is 2. The van der Waals surface area contributed by atoms with Crippen LogP contribution in [0.4, 0.5) is 8.78 Å². The molecular weight excluding hydrogens is 410 g/mol. The third kappa shape index (κ3) is 5.57. The summed E-state index contributed by atoms with van der Waals surface area (Å²) in [6, 6.07) is 11.4. The molecule has 2 amide bonds. The number of hydrogen-bond acceptors (Lipinski definition) is 5. The first kappa shape index (κ1) is 23.8. The predicted octanol–water partition coefficient (Wildman–Crippen LogP) is 2.37. The van der Waals surface area contributed by atoms with Crippen molar-refractivity contribution in [2.45, 2.75) is 25.0 Å². The SMILES string of the molecule is COc1ccccc1C#Cc1ccc(C(=O)N[C@H](C(=O)NO)C(C)(OC)C(F)F)cc1. The summed E-state index contributed by atoms with van der Waals surface area (Å²) in [5.41, 5.74) is 0.305. The van der Waals surface area contributed by atoms with Crippen molar-refractivity contribution in [2.75, 3.05) is 14.2 Å². The quantitative estimate of drug-likeness (QED) is 0.355. The third-order valence-electron chi connectivity index (χ3n) is 4.69. The Balaban J connectivity index is 2.21. The highest BCUT2D eigenvalue weighted by molar-refractivity contribution is 5.97. The first-order valence-electron chi connectivity index (χ1n) is 9.10. The topological polar surface area (TPSA) is 96.9 Å². The van der Waals surface area contributed by atoms with Crippen LogP contribution in [0.2, 0.25) is 0 Å². The molecule has 0 saturated heterocycles. The van der Waals surface area contributed by atoms with Crippen molar-refractivity contribution in [1.82, 2.24) is 10.8 Å². The van der Waals surface area contributed by atoms with E-state index < -0.39 is 29.9 Å². The lowest BCUT2D eigenvalue weighted by Crippen LogP contribution is -2.62. The Hall–Kier alpha value is -3.48. The Morgan fingerprint density at radius 1 is 1.06 bits per heavy atom. The van der Waals surface area contributed by atoms with Crippen molar-refractivity contribution in [1.29, 1.82) is 0 Å². The van der Waals surface area contributed by atoms with E-state index in [2.05, 4.69) is 17.2 Å². The largest absolute Gasteiger partial charge is 0.495 e. The second-order valence-corrected chi connectivity index (χ2v) is 6.60. The smallest absolute Gasteiger partial charge is 0.269 e. The van der Waals surface area contributed by atoms with E-state index >= 15 is 0 Å². The number of methoxy groups -OCH3 is 2. The number of carbonyl (C=O) groups is 2.